The van der Waals surface area contributed by atoms with E-state index in [0.29, 0.717) is 34.3 Å². The molecule has 3 aromatic rings. The summed E-state index contributed by atoms with van der Waals surface area (Å²) in [5.74, 6) is -0.822. The van der Waals surface area contributed by atoms with Crippen molar-refractivity contribution in [1.29, 1.82) is 0 Å². The molecule has 0 saturated heterocycles. The highest BCUT2D eigenvalue weighted by Gasteiger charge is 2.14. The number of ether oxygens (including phenoxy) is 2. The lowest BCUT2D eigenvalue weighted by Gasteiger charge is -2.14. The summed E-state index contributed by atoms with van der Waals surface area (Å²) in [6, 6.07) is 20.8. The van der Waals surface area contributed by atoms with E-state index in [9.17, 15) is 14.7 Å². The molecule has 2 N–H and O–H groups in total. The molecule has 32 heavy (non-hydrogen) atoms. The molecule has 0 aromatic heterocycles. The third-order valence-corrected chi connectivity index (χ3v) is 4.80. The molecule has 0 heterocycles. The van der Waals surface area contributed by atoms with Crippen molar-refractivity contribution in [2.24, 2.45) is 0 Å². The number of benzene rings is 3. The van der Waals surface area contributed by atoms with Crippen molar-refractivity contribution in [1.82, 2.24) is 5.32 Å². The molecule has 164 valence electrons. The monoisotopic (exact) mass is 451 g/mol. The van der Waals surface area contributed by atoms with Crippen molar-refractivity contribution in [3.05, 3.63) is 100 Å². The van der Waals surface area contributed by atoms with Gasteiger partial charge in [0.15, 0.2) is 11.5 Å². The number of hydrogen-bond acceptors (Lipinski definition) is 4. The van der Waals surface area contributed by atoms with E-state index in [0.717, 1.165) is 5.56 Å². The molecule has 0 radical (unpaired) electrons. The summed E-state index contributed by atoms with van der Waals surface area (Å²) in [4.78, 5) is 24.0. The Bertz CT molecular complexity index is 1130. The lowest BCUT2D eigenvalue weighted by Crippen LogP contribution is -2.27. The Morgan fingerprint density at radius 1 is 0.969 bits per heavy atom. The highest BCUT2D eigenvalue weighted by molar-refractivity contribution is 6.31. The van der Waals surface area contributed by atoms with E-state index in [1.165, 1.54) is 6.08 Å². The van der Waals surface area contributed by atoms with Crippen LogP contribution in [-0.4, -0.2) is 23.6 Å². The molecule has 0 bridgehead atoms. The lowest BCUT2D eigenvalue weighted by molar-refractivity contribution is -0.132. The van der Waals surface area contributed by atoms with Crippen molar-refractivity contribution in [2.45, 2.75) is 13.5 Å². The topological polar surface area (TPSA) is 84.9 Å². The largest absolute Gasteiger partial charge is 0.490 e. The van der Waals surface area contributed by atoms with Gasteiger partial charge in [0.05, 0.1) is 6.61 Å². The Hall–Kier alpha value is -3.77. The Morgan fingerprint density at radius 2 is 1.69 bits per heavy atom. The predicted octanol–water partition coefficient (Wildman–Crippen LogP) is 5.17. The number of aliphatic carboxylic acids is 1. The standard InChI is InChI=1S/C25H22ClNO5/c1-2-31-23-15-17(12-13-22(23)32-16-19-10-6-7-11-20(19)26)14-21(25(29)30)27-24(28)18-8-4-3-5-9-18/h3-15H,2,16H2,1H3,(H,27,28)(H,29,30). The molecule has 0 unspecified atom stereocenters. The molecule has 0 fully saturated rings. The maximum absolute atomic E-state index is 12.3. The quantitative estimate of drug-likeness (QED) is 0.438. The molecule has 0 aliphatic heterocycles. The molecule has 0 spiro atoms. The number of carbonyl (C=O) groups excluding carboxylic acids is 1. The highest BCUT2D eigenvalue weighted by atomic mass is 35.5. The van der Waals surface area contributed by atoms with E-state index in [1.807, 2.05) is 25.1 Å². The maximum Gasteiger partial charge on any atom is 0.352 e. The third-order valence-electron chi connectivity index (χ3n) is 4.43. The molecule has 3 aromatic carbocycles. The molecule has 0 saturated carbocycles. The second-order valence-electron chi connectivity index (χ2n) is 6.70. The van der Waals surface area contributed by atoms with E-state index in [-0.39, 0.29) is 12.3 Å². The SMILES string of the molecule is CCOc1cc(C=C(NC(=O)c2ccccc2)C(=O)O)ccc1OCc1ccccc1Cl. The minimum Gasteiger partial charge on any atom is -0.490 e. The van der Waals surface area contributed by atoms with Crippen LogP contribution in [0.15, 0.2) is 78.5 Å². The Balaban J connectivity index is 1.81. The van der Waals surface area contributed by atoms with E-state index >= 15 is 0 Å². The number of carboxylic acid groups (broad SMARTS) is 1. The van der Waals surface area contributed by atoms with Gasteiger partial charge in [-0.05, 0) is 48.9 Å². The number of carbonyl (C=O) groups is 2. The first-order valence-electron chi connectivity index (χ1n) is 9.92. The molecule has 0 atom stereocenters. The smallest absolute Gasteiger partial charge is 0.352 e. The van der Waals surface area contributed by atoms with E-state index in [1.54, 1.807) is 54.6 Å². The van der Waals surface area contributed by atoms with Crippen LogP contribution in [0.3, 0.4) is 0 Å². The maximum atomic E-state index is 12.3. The van der Waals surface area contributed by atoms with Gasteiger partial charge in [0.25, 0.3) is 5.91 Å². The number of hydrogen-bond donors (Lipinski definition) is 2. The fraction of sp³-hybridized carbons (Fsp3) is 0.120. The number of amides is 1. The highest BCUT2D eigenvalue weighted by Crippen LogP contribution is 2.30. The van der Waals surface area contributed by atoms with Gasteiger partial charge in [-0.25, -0.2) is 4.79 Å². The predicted molar refractivity (Wildman–Crippen MR) is 123 cm³/mol. The van der Waals surface area contributed by atoms with Crippen LogP contribution < -0.4 is 14.8 Å². The first-order chi connectivity index (χ1) is 15.5. The minimum atomic E-state index is -1.26. The Labute approximate surface area is 191 Å². The number of rotatable bonds is 9. The first kappa shape index (κ1) is 22.9. The van der Waals surface area contributed by atoms with Crippen LogP contribution in [0.25, 0.3) is 6.08 Å². The van der Waals surface area contributed by atoms with Crippen LogP contribution in [0.4, 0.5) is 0 Å². The Morgan fingerprint density at radius 3 is 2.38 bits per heavy atom. The summed E-state index contributed by atoms with van der Waals surface area (Å²) in [5, 5.41) is 12.6. The van der Waals surface area contributed by atoms with Gasteiger partial charge in [0.1, 0.15) is 12.3 Å². The second kappa shape index (κ2) is 11.0. The van der Waals surface area contributed by atoms with E-state index in [2.05, 4.69) is 5.32 Å². The van der Waals surface area contributed by atoms with Gasteiger partial charge in [0, 0.05) is 16.1 Å². The molecule has 1 amide bonds. The van der Waals surface area contributed by atoms with Gasteiger partial charge in [-0.2, -0.15) is 0 Å². The fourth-order valence-corrected chi connectivity index (χ4v) is 3.07. The van der Waals surface area contributed by atoms with Gasteiger partial charge in [0.2, 0.25) is 0 Å². The van der Waals surface area contributed by atoms with Crippen molar-refractivity contribution in [3.8, 4) is 11.5 Å². The Kier molecular flexibility index (Phi) is 7.89. The summed E-state index contributed by atoms with van der Waals surface area (Å²) in [6.07, 6.45) is 1.36. The van der Waals surface area contributed by atoms with Crippen molar-refractivity contribution in [2.75, 3.05) is 6.61 Å². The second-order valence-corrected chi connectivity index (χ2v) is 7.11. The molecule has 7 heteroatoms. The summed E-state index contributed by atoms with van der Waals surface area (Å²) in [5.41, 5.74) is 1.46. The summed E-state index contributed by atoms with van der Waals surface area (Å²) in [6.45, 7) is 2.48. The fourth-order valence-electron chi connectivity index (χ4n) is 2.87. The van der Waals surface area contributed by atoms with Gasteiger partial charge >= 0.3 is 5.97 Å². The summed E-state index contributed by atoms with van der Waals surface area (Å²) in [7, 11) is 0. The van der Waals surface area contributed by atoms with Gasteiger partial charge in [-0.15, -0.1) is 0 Å². The van der Waals surface area contributed by atoms with Crippen molar-refractivity contribution >= 4 is 29.6 Å². The number of nitrogens with one attached hydrogen (secondary N) is 1. The molecular formula is C25H22ClNO5. The zero-order valence-corrected chi connectivity index (χ0v) is 18.1. The normalized spacial score (nSPS) is 11.0. The number of halogens is 1. The van der Waals surface area contributed by atoms with Crippen LogP contribution in [-0.2, 0) is 11.4 Å². The molecular weight excluding hydrogens is 430 g/mol. The third kappa shape index (κ3) is 6.12. The summed E-state index contributed by atoms with van der Waals surface area (Å²) >= 11 is 6.18. The van der Waals surface area contributed by atoms with Crippen LogP contribution in [0.1, 0.15) is 28.4 Å². The van der Waals surface area contributed by atoms with Crippen LogP contribution >= 0.6 is 11.6 Å². The van der Waals surface area contributed by atoms with Gasteiger partial charge in [-0.3, -0.25) is 4.79 Å². The molecule has 6 nitrogen and oxygen atoms in total. The minimum absolute atomic E-state index is 0.252. The summed E-state index contributed by atoms with van der Waals surface area (Å²) < 4.78 is 11.5. The lowest BCUT2D eigenvalue weighted by atomic mass is 10.1. The van der Waals surface area contributed by atoms with Gasteiger partial charge in [-0.1, -0.05) is 54.1 Å². The van der Waals surface area contributed by atoms with Crippen LogP contribution in [0.2, 0.25) is 5.02 Å². The average molecular weight is 452 g/mol. The molecule has 3 rings (SSSR count). The van der Waals surface area contributed by atoms with E-state index in [4.69, 9.17) is 21.1 Å². The van der Waals surface area contributed by atoms with E-state index < -0.39 is 11.9 Å². The first-order valence-corrected chi connectivity index (χ1v) is 10.3. The number of carboxylic acids is 1. The zero-order chi connectivity index (χ0) is 22.9. The van der Waals surface area contributed by atoms with Crippen LogP contribution in [0.5, 0.6) is 11.5 Å². The zero-order valence-electron chi connectivity index (χ0n) is 17.4. The van der Waals surface area contributed by atoms with Crippen molar-refractivity contribution < 1.29 is 24.2 Å². The molecule has 0 aliphatic rings. The molecule has 0 aliphatic carbocycles. The van der Waals surface area contributed by atoms with Crippen LogP contribution in [0, 0.1) is 0 Å². The average Bonchev–Trinajstić information content (AvgIpc) is 2.79. The van der Waals surface area contributed by atoms with Crippen molar-refractivity contribution in [3.63, 3.8) is 0 Å². The van der Waals surface area contributed by atoms with Gasteiger partial charge < -0.3 is 19.9 Å².